The number of aromatic nitrogens is 6. The SMILES string of the molecule is COc1nc(N[C@H]2CCN(C3COC3)C[C@H]2F)nn2cc(F)c(-c3cnc4nccn4c3)c12. The number of anilines is 1. The molecule has 2 aliphatic rings. The van der Waals surface area contributed by atoms with Crippen LogP contribution in [-0.4, -0.2) is 85.5 Å². The maximum absolute atomic E-state index is 15.0. The van der Waals surface area contributed by atoms with Gasteiger partial charge >= 0.3 is 0 Å². The standard InChI is InChI=1S/C21H22F2N8O2/c1-32-19-18-17(12-6-25-21-24-3-5-30(21)7-12)15(23)9-31(18)28-20(27-19)26-16-2-4-29(8-14(16)22)13-10-33-11-13/h3,5-7,9,13-14,16H,2,4,8,10-11H2,1H3,(H,26,28)/t14-,16+/m1/s1. The van der Waals surface area contributed by atoms with Gasteiger partial charge in [-0.3, -0.25) is 9.30 Å². The Bertz CT molecular complexity index is 1320. The molecule has 6 heterocycles. The van der Waals surface area contributed by atoms with Gasteiger partial charge in [0, 0.05) is 43.4 Å². The van der Waals surface area contributed by atoms with E-state index in [0.717, 1.165) is 6.54 Å². The van der Waals surface area contributed by atoms with Crippen molar-refractivity contribution in [3.63, 3.8) is 0 Å². The average molecular weight is 456 g/mol. The van der Waals surface area contributed by atoms with Crippen molar-refractivity contribution in [1.29, 1.82) is 0 Å². The molecule has 2 aliphatic heterocycles. The van der Waals surface area contributed by atoms with Crippen LogP contribution < -0.4 is 10.1 Å². The summed E-state index contributed by atoms with van der Waals surface area (Å²) < 4.78 is 43.7. The van der Waals surface area contributed by atoms with Crippen LogP contribution in [0.5, 0.6) is 5.88 Å². The van der Waals surface area contributed by atoms with E-state index < -0.39 is 18.0 Å². The molecule has 0 spiro atoms. The number of likely N-dealkylation sites (tertiary alicyclic amines) is 1. The molecule has 0 amide bonds. The Labute approximate surface area is 187 Å². The van der Waals surface area contributed by atoms with Gasteiger partial charge in [0.2, 0.25) is 17.6 Å². The van der Waals surface area contributed by atoms with Gasteiger partial charge in [-0.05, 0) is 6.42 Å². The Morgan fingerprint density at radius 1 is 1.24 bits per heavy atom. The first-order valence-corrected chi connectivity index (χ1v) is 10.7. The zero-order valence-corrected chi connectivity index (χ0v) is 17.9. The molecule has 4 aromatic heterocycles. The summed E-state index contributed by atoms with van der Waals surface area (Å²) in [4.78, 5) is 14.9. The fourth-order valence-electron chi connectivity index (χ4n) is 4.47. The summed E-state index contributed by atoms with van der Waals surface area (Å²) in [5.74, 6) is 0.364. The lowest BCUT2D eigenvalue weighted by Crippen LogP contribution is -2.57. The van der Waals surface area contributed by atoms with Crippen LogP contribution in [-0.2, 0) is 4.74 Å². The van der Waals surface area contributed by atoms with Crippen LogP contribution in [0, 0.1) is 5.82 Å². The number of ether oxygens (including phenoxy) is 2. The molecule has 2 atom stereocenters. The molecular formula is C21H22F2N8O2. The summed E-state index contributed by atoms with van der Waals surface area (Å²) in [6.07, 6.45) is 7.39. The number of imidazole rings is 1. The number of rotatable bonds is 5. The van der Waals surface area contributed by atoms with Gasteiger partial charge in [0.05, 0.1) is 44.2 Å². The van der Waals surface area contributed by atoms with E-state index in [9.17, 15) is 4.39 Å². The maximum atomic E-state index is 15.0. The first kappa shape index (κ1) is 20.2. The average Bonchev–Trinajstić information content (AvgIpc) is 3.36. The number of methoxy groups -OCH3 is 1. The number of nitrogens with one attached hydrogen (secondary N) is 1. The number of hydrogen-bond donors (Lipinski definition) is 1. The molecule has 0 aliphatic carbocycles. The number of hydrogen-bond acceptors (Lipinski definition) is 8. The first-order valence-electron chi connectivity index (χ1n) is 10.7. The van der Waals surface area contributed by atoms with Crippen molar-refractivity contribution in [2.45, 2.75) is 24.7 Å². The molecule has 33 heavy (non-hydrogen) atoms. The maximum Gasteiger partial charge on any atom is 0.244 e. The molecule has 4 aromatic rings. The molecule has 2 saturated heterocycles. The molecule has 0 radical (unpaired) electrons. The number of alkyl halides is 1. The van der Waals surface area contributed by atoms with Gasteiger partial charge in [-0.15, -0.1) is 5.10 Å². The molecule has 0 bridgehead atoms. The van der Waals surface area contributed by atoms with E-state index in [-0.39, 0.29) is 17.4 Å². The van der Waals surface area contributed by atoms with E-state index in [1.807, 2.05) is 0 Å². The molecule has 10 nitrogen and oxygen atoms in total. The second-order valence-electron chi connectivity index (χ2n) is 8.31. The van der Waals surface area contributed by atoms with Crippen LogP contribution in [0.2, 0.25) is 0 Å². The first-order chi connectivity index (χ1) is 16.1. The highest BCUT2D eigenvalue weighted by molar-refractivity contribution is 5.84. The van der Waals surface area contributed by atoms with Crippen molar-refractivity contribution in [2.24, 2.45) is 0 Å². The second-order valence-corrected chi connectivity index (χ2v) is 8.31. The van der Waals surface area contributed by atoms with Gasteiger partial charge in [0.15, 0.2) is 5.82 Å². The molecular weight excluding hydrogens is 434 g/mol. The predicted molar refractivity (Wildman–Crippen MR) is 115 cm³/mol. The van der Waals surface area contributed by atoms with Crippen LogP contribution >= 0.6 is 0 Å². The number of nitrogens with zero attached hydrogens (tertiary/aromatic N) is 7. The van der Waals surface area contributed by atoms with E-state index >= 15 is 4.39 Å². The minimum atomic E-state index is -1.09. The van der Waals surface area contributed by atoms with Crippen molar-refractivity contribution in [1.82, 2.24) is 33.9 Å². The minimum Gasteiger partial charge on any atom is -0.479 e. The van der Waals surface area contributed by atoms with E-state index in [0.29, 0.717) is 49.1 Å². The van der Waals surface area contributed by atoms with Crippen LogP contribution in [0.1, 0.15) is 6.42 Å². The Hall–Kier alpha value is -3.38. The van der Waals surface area contributed by atoms with Crippen LogP contribution in [0.3, 0.4) is 0 Å². The molecule has 12 heteroatoms. The zero-order chi connectivity index (χ0) is 22.5. The fraction of sp³-hybridized carbons (Fsp3) is 0.429. The summed E-state index contributed by atoms with van der Waals surface area (Å²) in [7, 11) is 1.45. The van der Waals surface area contributed by atoms with Crippen LogP contribution in [0.4, 0.5) is 14.7 Å². The molecule has 0 unspecified atom stereocenters. The summed E-state index contributed by atoms with van der Waals surface area (Å²) in [5.41, 5.74) is 1.15. The molecule has 2 fully saturated rings. The van der Waals surface area contributed by atoms with Crippen molar-refractivity contribution in [2.75, 3.05) is 38.7 Å². The van der Waals surface area contributed by atoms with Crippen molar-refractivity contribution >= 4 is 17.2 Å². The molecule has 172 valence electrons. The highest BCUT2D eigenvalue weighted by atomic mass is 19.1. The van der Waals surface area contributed by atoms with E-state index in [4.69, 9.17) is 9.47 Å². The Morgan fingerprint density at radius 2 is 2.12 bits per heavy atom. The van der Waals surface area contributed by atoms with E-state index in [1.54, 1.807) is 29.2 Å². The third-order valence-electron chi connectivity index (χ3n) is 6.30. The monoisotopic (exact) mass is 456 g/mol. The number of piperidine rings is 1. The van der Waals surface area contributed by atoms with E-state index in [1.165, 1.54) is 17.8 Å². The number of fused-ring (bicyclic) bond motifs is 2. The third kappa shape index (κ3) is 3.45. The summed E-state index contributed by atoms with van der Waals surface area (Å²) >= 11 is 0. The highest BCUT2D eigenvalue weighted by Crippen LogP contribution is 2.34. The van der Waals surface area contributed by atoms with Gasteiger partial charge in [-0.2, -0.15) is 4.98 Å². The normalized spacial score (nSPS) is 22.0. The lowest BCUT2D eigenvalue weighted by Gasteiger charge is -2.42. The third-order valence-corrected chi connectivity index (χ3v) is 6.30. The van der Waals surface area contributed by atoms with Crippen LogP contribution in [0.25, 0.3) is 22.4 Å². The molecule has 1 N–H and O–H groups in total. The van der Waals surface area contributed by atoms with Crippen molar-refractivity contribution < 1.29 is 18.3 Å². The largest absolute Gasteiger partial charge is 0.479 e. The summed E-state index contributed by atoms with van der Waals surface area (Å²) in [6, 6.07) is -0.147. The topological polar surface area (TPSA) is 94.1 Å². The van der Waals surface area contributed by atoms with Gasteiger partial charge in [0.1, 0.15) is 11.7 Å². The minimum absolute atomic E-state index is 0.177. The van der Waals surface area contributed by atoms with Crippen molar-refractivity contribution in [3.05, 3.63) is 36.8 Å². The molecule has 0 aromatic carbocycles. The summed E-state index contributed by atoms with van der Waals surface area (Å²) in [6.45, 7) is 2.41. The smallest absolute Gasteiger partial charge is 0.244 e. The Kier molecular flexibility index (Phi) is 4.84. The van der Waals surface area contributed by atoms with Crippen LogP contribution in [0.15, 0.2) is 31.0 Å². The highest BCUT2D eigenvalue weighted by Gasteiger charge is 2.35. The number of halogens is 2. The molecule has 0 saturated carbocycles. The second kappa shape index (κ2) is 7.89. The lowest BCUT2D eigenvalue weighted by molar-refractivity contribution is -0.0794. The molecule has 6 rings (SSSR count). The predicted octanol–water partition coefficient (Wildman–Crippen LogP) is 1.81. The zero-order valence-electron chi connectivity index (χ0n) is 17.9. The van der Waals surface area contributed by atoms with Gasteiger partial charge in [-0.1, -0.05) is 0 Å². The van der Waals surface area contributed by atoms with Gasteiger partial charge < -0.3 is 14.8 Å². The quantitative estimate of drug-likeness (QED) is 0.486. The van der Waals surface area contributed by atoms with Crippen molar-refractivity contribution in [3.8, 4) is 17.0 Å². The Balaban J connectivity index is 1.31. The lowest BCUT2D eigenvalue weighted by atomic mass is 10.0. The van der Waals surface area contributed by atoms with E-state index in [2.05, 4.69) is 30.3 Å². The van der Waals surface area contributed by atoms with Gasteiger partial charge in [0.25, 0.3) is 0 Å². The Morgan fingerprint density at radius 3 is 2.88 bits per heavy atom. The fourth-order valence-corrected chi connectivity index (χ4v) is 4.47. The van der Waals surface area contributed by atoms with Gasteiger partial charge in [-0.25, -0.2) is 23.3 Å². The summed E-state index contributed by atoms with van der Waals surface area (Å²) in [5, 5.41) is 7.47.